The quantitative estimate of drug-likeness (QED) is 0.411. The van der Waals surface area contributed by atoms with E-state index in [0.29, 0.717) is 38.3 Å². The second-order valence-corrected chi connectivity index (χ2v) is 9.11. The van der Waals surface area contributed by atoms with Crippen LogP contribution in [-0.4, -0.2) is 29.6 Å². The van der Waals surface area contributed by atoms with E-state index in [1.807, 2.05) is 54.6 Å². The summed E-state index contributed by atoms with van der Waals surface area (Å²) in [4.78, 5) is 47.1. The van der Waals surface area contributed by atoms with Crippen molar-refractivity contribution in [3.63, 3.8) is 0 Å². The molecule has 35 heavy (non-hydrogen) atoms. The Hall–Kier alpha value is -4.04. The summed E-state index contributed by atoms with van der Waals surface area (Å²) in [6, 6.07) is 16.0. The largest absolute Gasteiger partial charge is 0.463 e. The lowest BCUT2D eigenvalue weighted by atomic mass is 9.96. The summed E-state index contributed by atoms with van der Waals surface area (Å²) in [5.74, 6) is -0.769. The molecular formula is C27H23N3O4S. The zero-order valence-electron chi connectivity index (χ0n) is 19.4. The number of amides is 1. The molecule has 1 amide bonds. The molecule has 0 unspecified atom stereocenters. The van der Waals surface area contributed by atoms with E-state index in [4.69, 9.17) is 4.74 Å². The average Bonchev–Trinajstić information content (AvgIpc) is 3.32. The summed E-state index contributed by atoms with van der Waals surface area (Å²) < 4.78 is 7.13. The van der Waals surface area contributed by atoms with Gasteiger partial charge in [0.2, 0.25) is 0 Å². The topological polar surface area (TPSA) is 81.0 Å². The second kappa shape index (κ2) is 8.96. The minimum Gasteiger partial charge on any atom is -0.463 e. The van der Waals surface area contributed by atoms with Gasteiger partial charge >= 0.3 is 5.97 Å². The number of aromatic nitrogens is 1. The number of hydrogen-bond acceptors (Lipinski definition) is 6. The minimum atomic E-state index is -0.711. The molecule has 2 aliphatic heterocycles. The van der Waals surface area contributed by atoms with Crippen LogP contribution >= 0.6 is 11.3 Å². The Bertz CT molecular complexity index is 1580. The van der Waals surface area contributed by atoms with E-state index in [9.17, 15) is 14.4 Å². The Balaban J connectivity index is 1.82. The van der Waals surface area contributed by atoms with Crippen molar-refractivity contribution in [2.45, 2.75) is 19.9 Å². The zero-order chi connectivity index (χ0) is 24.7. The highest BCUT2D eigenvalue weighted by atomic mass is 32.1. The number of esters is 1. The van der Waals surface area contributed by atoms with Crippen LogP contribution in [0.5, 0.6) is 0 Å². The molecule has 3 heterocycles. The first kappa shape index (κ1) is 22.7. The lowest BCUT2D eigenvalue weighted by Crippen LogP contribution is -2.41. The normalized spacial score (nSPS) is 18.2. The van der Waals surface area contributed by atoms with Gasteiger partial charge in [-0.2, -0.15) is 0 Å². The predicted molar refractivity (Wildman–Crippen MR) is 135 cm³/mol. The number of hydrogen-bond donors (Lipinski definition) is 0. The summed E-state index contributed by atoms with van der Waals surface area (Å²) in [5, 5.41) is 0. The molecule has 7 nitrogen and oxygen atoms in total. The first-order valence-electron chi connectivity index (χ1n) is 11.3. The van der Waals surface area contributed by atoms with Gasteiger partial charge in [-0.3, -0.25) is 14.2 Å². The molecule has 3 aromatic rings. The molecule has 0 N–H and O–H groups in total. The van der Waals surface area contributed by atoms with Crippen LogP contribution in [0.1, 0.15) is 31.0 Å². The van der Waals surface area contributed by atoms with Crippen LogP contribution in [-0.2, 0) is 14.3 Å². The van der Waals surface area contributed by atoms with Crippen molar-refractivity contribution in [1.82, 2.24) is 4.57 Å². The molecule has 0 saturated carbocycles. The van der Waals surface area contributed by atoms with E-state index in [0.717, 1.165) is 22.6 Å². The second-order valence-electron chi connectivity index (χ2n) is 8.13. The van der Waals surface area contributed by atoms with Crippen LogP contribution in [0.4, 0.5) is 5.69 Å². The van der Waals surface area contributed by atoms with Gasteiger partial charge in [-0.05, 0) is 25.5 Å². The third-order valence-electron chi connectivity index (χ3n) is 6.07. The molecule has 0 radical (unpaired) electrons. The summed E-state index contributed by atoms with van der Waals surface area (Å²) in [7, 11) is 0. The number of carbonyl (C=O) groups is 2. The van der Waals surface area contributed by atoms with Crippen LogP contribution in [0.15, 0.2) is 88.3 Å². The van der Waals surface area contributed by atoms with Gasteiger partial charge in [0.15, 0.2) is 4.80 Å². The molecule has 8 heteroatoms. The Morgan fingerprint density at radius 2 is 1.86 bits per heavy atom. The van der Waals surface area contributed by atoms with E-state index < -0.39 is 12.0 Å². The lowest BCUT2D eigenvalue weighted by molar-refractivity contribution is -0.139. The lowest BCUT2D eigenvalue weighted by Gasteiger charge is -2.24. The zero-order valence-corrected chi connectivity index (χ0v) is 20.2. The Labute approximate surface area is 205 Å². The van der Waals surface area contributed by atoms with Gasteiger partial charge < -0.3 is 9.64 Å². The van der Waals surface area contributed by atoms with E-state index >= 15 is 0 Å². The summed E-state index contributed by atoms with van der Waals surface area (Å²) in [5.41, 5.74) is 2.97. The van der Waals surface area contributed by atoms with Crippen LogP contribution in [0.3, 0.4) is 0 Å². The van der Waals surface area contributed by atoms with Gasteiger partial charge in [-0.25, -0.2) is 9.79 Å². The van der Waals surface area contributed by atoms with Crippen molar-refractivity contribution in [3.05, 3.63) is 109 Å². The molecule has 5 rings (SSSR count). The van der Waals surface area contributed by atoms with E-state index in [2.05, 4.69) is 11.6 Å². The van der Waals surface area contributed by atoms with Crippen molar-refractivity contribution in [2.75, 3.05) is 18.1 Å². The maximum Gasteiger partial charge on any atom is 0.338 e. The number of benzene rings is 2. The van der Waals surface area contributed by atoms with Gasteiger partial charge in [0, 0.05) is 12.1 Å². The van der Waals surface area contributed by atoms with Gasteiger partial charge in [-0.1, -0.05) is 65.9 Å². The van der Waals surface area contributed by atoms with Crippen molar-refractivity contribution in [1.29, 1.82) is 0 Å². The summed E-state index contributed by atoms with van der Waals surface area (Å²) in [6.07, 6.45) is 1.66. The van der Waals surface area contributed by atoms with E-state index in [1.54, 1.807) is 24.8 Å². The first-order valence-corrected chi connectivity index (χ1v) is 12.1. The number of allylic oxidation sites excluding steroid dienone is 1. The number of nitrogens with zero attached hydrogens (tertiary/aromatic N) is 3. The molecule has 2 aromatic carbocycles. The fourth-order valence-corrected chi connectivity index (χ4v) is 5.74. The minimum absolute atomic E-state index is 0.204. The number of ether oxygens (including phenoxy) is 1. The molecule has 2 aliphatic rings. The maximum atomic E-state index is 14.0. The summed E-state index contributed by atoms with van der Waals surface area (Å²) >= 11 is 1.16. The number of para-hydroxylation sites is 1. The molecule has 176 valence electrons. The SMILES string of the molecule is C=CCN1C(=O)/C(=c2\sc3n(c2=O)[C@H](c2ccccc2)C(C(=O)OCC)=C(C)N=3)c2ccccc21. The van der Waals surface area contributed by atoms with E-state index in [-0.39, 0.29) is 18.1 Å². The molecule has 0 aliphatic carbocycles. The maximum absolute atomic E-state index is 14.0. The van der Waals surface area contributed by atoms with Gasteiger partial charge in [0.1, 0.15) is 4.53 Å². The molecular weight excluding hydrogens is 462 g/mol. The summed E-state index contributed by atoms with van der Waals surface area (Å²) in [6.45, 7) is 7.77. The average molecular weight is 486 g/mol. The van der Waals surface area contributed by atoms with Crippen molar-refractivity contribution in [3.8, 4) is 0 Å². The smallest absolute Gasteiger partial charge is 0.338 e. The third-order valence-corrected chi connectivity index (χ3v) is 7.12. The van der Waals surface area contributed by atoms with Crippen molar-refractivity contribution < 1.29 is 14.3 Å². The van der Waals surface area contributed by atoms with Crippen molar-refractivity contribution >= 4 is 34.5 Å². The van der Waals surface area contributed by atoms with Crippen LogP contribution in [0, 0.1) is 0 Å². The Morgan fingerprint density at radius 1 is 1.14 bits per heavy atom. The van der Waals surface area contributed by atoms with Crippen LogP contribution < -0.4 is 19.8 Å². The van der Waals surface area contributed by atoms with Crippen LogP contribution in [0.2, 0.25) is 0 Å². The monoisotopic (exact) mass is 485 g/mol. The molecule has 1 atom stereocenters. The highest BCUT2D eigenvalue weighted by molar-refractivity contribution is 7.07. The first-order chi connectivity index (χ1) is 17.0. The Kier molecular flexibility index (Phi) is 5.82. The van der Waals surface area contributed by atoms with Crippen molar-refractivity contribution in [2.24, 2.45) is 4.99 Å². The molecule has 0 fully saturated rings. The standard InChI is InChI=1S/C27H23N3O4S/c1-4-15-29-19-14-10-9-13-18(19)21(24(29)31)23-25(32)30-22(17-11-7-6-8-12-17)20(26(33)34-5-2)16(3)28-27(30)35-23/h4,6-14,22H,1,5,15H2,2-3H3/b23-21-/t22-/m1/s1. The number of fused-ring (bicyclic) bond motifs is 2. The van der Waals surface area contributed by atoms with Gasteiger partial charge in [-0.15, -0.1) is 6.58 Å². The van der Waals surface area contributed by atoms with Crippen LogP contribution in [0.25, 0.3) is 5.57 Å². The predicted octanol–water partition coefficient (Wildman–Crippen LogP) is 2.70. The number of carbonyl (C=O) groups excluding carboxylic acids is 2. The highest BCUT2D eigenvalue weighted by Crippen LogP contribution is 2.35. The number of rotatable bonds is 5. The fraction of sp³-hybridized carbons (Fsp3) is 0.185. The van der Waals surface area contributed by atoms with Gasteiger partial charge in [0.05, 0.1) is 35.2 Å². The molecule has 0 spiro atoms. The third kappa shape index (κ3) is 3.57. The Morgan fingerprint density at radius 3 is 2.57 bits per heavy atom. The fourth-order valence-electron chi connectivity index (χ4n) is 4.60. The number of thiazole rings is 1. The molecule has 0 bridgehead atoms. The molecule has 0 saturated heterocycles. The molecule has 1 aromatic heterocycles. The number of anilines is 1. The highest BCUT2D eigenvalue weighted by Gasteiger charge is 2.36. The van der Waals surface area contributed by atoms with Gasteiger partial charge in [0.25, 0.3) is 11.5 Å². The van der Waals surface area contributed by atoms with E-state index in [1.165, 1.54) is 4.57 Å².